The first-order valence-electron chi connectivity index (χ1n) is 7.78. The van der Waals surface area contributed by atoms with E-state index in [0.29, 0.717) is 5.56 Å². The summed E-state index contributed by atoms with van der Waals surface area (Å²) in [6, 6.07) is 18.3. The zero-order valence-corrected chi connectivity index (χ0v) is 13.7. The fourth-order valence-corrected chi connectivity index (χ4v) is 1.98. The molecule has 0 aromatic heterocycles. The third-order valence-electron chi connectivity index (χ3n) is 3.19. The van der Waals surface area contributed by atoms with Crippen LogP contribution in [0.25, 0.3) is 6.08 Å². The molecule has 0 saturated carbocycles. The lowest BCUT2D eigenvalue weighted by molar-refractivity contribution is -0.138. The molecule has 0 fully saturated rings. The molecule has 0 atom stereocenters. The number of ether oxygens (including phenoxy) is 1. The molecule has 126 valence electrons. The second-order valence-corrected chi connectivity index (χ2v) is 5.06. The van der Waals surface area contributed by atoms with Gasteiger partial charge in [0, 0.05) is 5.56 Å². The predicted octanol–water partition coefficient (Wildman–Crippen LogP) is 3.74. The smallest absolute Gasteiger partial charge is 0.355 e. The summed E-state index contributed by atoms with van der Waals surface area (Å²) in [6.07, 6.45) is 6.49. The molecule has 0 heterocycles. The molecule has 2 aromatic rings. The van der Waals surface area contributed by atoms with Crippen LogP contribution in [-0.2, 0) is 9.53 Å². The molecule has 0 aliphatic heterocycles. The fourth-order valence-electron chi connectivity index (χ4n) is 1.98. The second-order valence-electron chi connectivity index (χ2n) is 5.06. The van der Waals surface area contributed by atoms with Crippen LogP contribution >= 0.6 is 0 Å². The van der Waals surface area contributed by atoms with Crippen LogP contribution in [0.15, 0.2) is 91.2 Å². The van der Waals surface area contributed by atoms with Crippen molar-refractivity contribution in [1.82, 2.24) is 5.32 Å². The maximum absolute atomic E-state index is 12.3. The minimum Gasteiger partial charge on any atom is -0.457 e. The standard InChI is InChI=1S/C21H19NO3/c1-2-16-25-21(24)19(15-9-12-17-10-5-3-6-11-17)22-20(23)18-13-7-4-8-14-18/h2-15H,1,16H2,(H,22,23)/b12-9+,19-15-. The van der Waals surface area contributed by atoms with Crippen LogP contribution in [0.3, 0.4) is 0 Å². The molecule has 25 heavy (non-hydrogen) atoms. The summed E-state index contributed by atoms with van der Waals surface area (Å²) in [5.74, 6) is -1.00. The van der Waals surface area contributed by atoms with Gasteiger partial charge in [0.1, 0.15) is 12.3 Å². The zero-order valence-electron chi connectivity index (χ0n) is 13.7. The molecular formula is C21H19NO3. The molecular weight excluding hydrogens is 314 g/mol. The Hall–Kier alpha value is -3.40. The molecule has 2 rings (SSSR count). The van der Waals surface area contributed by atoms with Gasteiger partial charge in [-0.1, -0.05) is 73.3 Å². The number of amides is 1. The maximum Gasteiger partial charge on any atom is 0.355 e. The largest absolute Gasteiger partial charge is 0.457 e. The van der Waals surface area contributed by atoms with E-state index >= 15 is 0 Å². The van der Waals surface area contributed by atoms with Crippen molar-refractivity contribution in [2.45, 2.75) is 0 Å². The normalized spacial score (nSPS) is 11.1. The molecule has 0 unspecified atom stereocenters. The molecule has 0 radical (unpaired) electrons. The number of allylic oxidation sites excluding steroid dienone is 2. The zero-order chi connectivity index (χ0) is 17.9. The van der Waals surface area contributed by atoms with Crippen molar-refractivity contribution in [2.24, 2.45) is 0 Å². The van der Waals surface area contributed by atoms with Crippen molar-refractivity contribution in [3.05, 3.63) is 102 Å². The highest BCUT2D eigenvalue weighted by molar-refractivity contribution is 6.01. The number of hydrogen-bond acceptors (Lipinski definition) is 3. The molecule has 4 nitrogen and oxygen atoms in total. The summed E-state index contributed by atoms with van der Waals surface area (Å²) in [5, 5.41) is 2.59. The van der Waals surface area contributed by atoms with E-state index in [0.717, 1.165) is 5.56 Å². The van der Waals surface area contributed by atoms with Crippen LogP contribution in [-0.4, -0.2) is 18.5 Å². The number of carbonyl (C=O) groups is 2. The van der Waals surface area contributed by atoms with Gasteiger partial charge in [0.05, 0.1) is 0 Å². The number of carbonyl (C=O) groups excluding carboxylic acids is 2. The topological polar surface area (TPSA) is 55.4 Å². The van der Waals surface area contributed by atoms with Gasteiger partial charge >= 0.3 is 5.97 Å². The molecule has 0 aliphatic carbocycles. The van der Waals surface area contributed by atoms with Gasteiger partial charge < -0.3 is 10.1 Å². The van der Waals surface area contributed by atoms with Crippen LogP contribution in [0.4, 0.5) is 0 Å². The Labute approximate surface area is 147 Å². The van der Waals surface area contributed by atoms with E-state index in [1.807, 2.05) is 42.5 Å². The van der Waals surface area contributed by atoms with E-state index in [4.69, 9.17) is 4.74 Å². The van der Waals surface area contributed by atoms with Crippen LogP contribution in [0.1, 0.15) is 15.9 Å². The minimum atomic E-state index is -0.623. The first kappa shape index (κ1) is 17.9. The minimum absolute atomic E-state index is 0.0582. The Morgan fingerprint density at radius 2 is 1.64 bits per heavy atom. The summed E-state index contributed by atoms with van der Waals surface area (Å²) in [4.78, 5) is 24.4. The summed E-state index contributed by atoms with van der Waals surface area (Å²) in [5.41, 5.74) is 1.49. The van der Waals surface area contributed by atoms with E-state index < -0.39 is 5.97 Å². The molecule has 0 spiro atoms. The third-order valence-corrected chi connectivity index (χ3v) is 3.19. The number of nitrogens with one attached hydrogen (secondary N) is 1. The summed E-state index contributed by atoms with van der Waals surface area (Å²) >= 11 is 0. The quantitative estimate of drug-likeness (QED) is 0.363. The van der Waals surface area contributed by atoms with Gasteiger partial charge in [-0.2, -0.15) is 0 Å². The van der Waals surface area contributed by atoms with E-state index in [1.165, 1.54) is 12.2 Å². The lowest BCUT2D eigenvalue weighted by Crippen LogP contribution is -2.28. The molecule has 1 amide bonds. The highest BCUT2D eigenvalue weighted by Gasteiger charge is 2.14. The van der Waals surface area contributed by atoms with Gasteiger partial charge in [-0.3, -0.25) is 4.79 Å². The van der Waals surface area contributed by atoms with E-state index in [9.17, 15) is 9.59 Å². The van der Waals surface area contributed by atoms with Crippen molar-refractivity contribution in [3.8, 4) is 0 Å². The Bertz CT molecular complexity index is 777. The second kappa shape index (κ2) is 9.67. The Kier molecular flexibility index (Phi) is 6.95. The highest BCUT2D eigenvalue weighted by atomic mass is 16.5. The van der Waals surface area contributed by atoms with Crippen LogP contribution in [0, 0.1) is 0 Å². The van der Waals surface area contributed by atoms with Gasteiger partial charge in [-0.25, -0.2) is 4.79 Å². The Balaban J connectivity index is 2.16. The number of benzene rings is 2. The predicted molar refractivity (Wildman–Crippen MR) is 98.6 cm³/mol. The lowest BCUT2D eigenvalue weighted by atomic mass is 10.2. The van der Waals surface area contributed by atoms with Gasteiger partial charge in [-0.15, -0.1) is 0 Å². The Morgan fingerprint density at radius 1 is 1.00 bits per heavy atom. The molecule has 1 N–H and O–H groups in total. The Morgan fingerprint density at radius 3 is 2.28 bits per heavy atom. The van der Waals surface area contributed by atoms with Crippen molar-refractivity contribution in [2.75, 3.05) is 6.61 Å². The van der Waals surface area contributed by atoms with Gasteiger partial charge in [0.25, 0.3) is 5.91 Å². The van der Waals surface area contributed by atoms with Gasteiger partial charge in [0.2, 0.25) is 0 Å². The van der Waals surface area contributed by atoms with E-state index in [1.54, 1.807) is 30.3 Å². The number of rotatable bonds is 7. The van der Waals surface area contributed by atoms with Crippen molar-refractivity contribution >= 4 is 18.0 Å². The molecule has 0 aliphatic rings. The molecule has 0 saturated heterocycles. The highest BCUT2D eigenvalue weighted by Crippen LogP contribution is 2.05. The van der Waals surface area contributed by atoms with E-state index in [2.05, 4.69) is 11.9 Å². The summed E-state index contributed by atoms with van der Waals surface area (Å²) < 4.78 is 5.02. The summed E-state index contributed by atoms with van der Waals surface area (Å²) in [7, 11) is 0. The summed E-state index contributed by atoms with van der Waals surface area (Å²) in [6.45, 7) is 3.57. The van der Waals surface area contributed by atoms with Gasteiger partial charge in [0.15, 0.2) is 0 Å². The van der Waals surface area contributed by atoms with Crippen LogP contribution in [0.2, 0.25) is 0 Å². The van der Waals surface area contributed by atoms with Gasteiger partial charge in [-0.05, 0) is 23.8 Å². The third kappa shape index (κ3) is 5.95. The lowest BCUT2D eigenvalue weighted by Gasteiger charge is -2.08. The number of hydrogen-bond donors (Lipinski definition) is 1. The van der Waals surface area contributed by atoms with Crippen LogP contribution < -0.4 is 5.32 Å². The average molecular weight is 333 g/mol. The van der Waals surface area contributed by atoms with Crippen molar-refractivity contribution < 1.29 is 14.3 Å². The first-order valence-corrected chi connectivity index (χ1v) is 7.78. The molecule has 0 bridgehead atoms. The first-order chi connectivity index (χ1) is 12.2. The SMILES string of the molecule is C=CCOC(=O)/C(=C/C=C/c1ccccc1)NC(=O)c1ccccc1. The maximum atomic E-state index is 12.3. The average Bonchev–Trinajstić information content (AvgIpc) is 2.66. The molecule has 4 heteroatoms. The van der Waals surface area contributed by atoms with Crippen molar-refractivity contribution in [3.63, 3.8) is 0 Å². The monoisotopic (exact) mass is 333 g/mol. The van der Waals surface area contributed by atoms with Crippen LogP contribution in [0.5, 0.6) is 0 Å². The number of esters is 1. The van der Waals surface area contributed by atoms with Crippen molar-refractivity contribution in [1.29, 1.82) is 0 Å². The molecule has 2 aromatic carbocycles. The fraction of sp³-hybridized carbons (Fsp3) is 0.0476. The van der Waals surface area contributed by atoms with E-state index in [-0.39, 0.29) is 18.2 Å².